The second-order valence-electron chi connectivity index (χ2n) is 6.79. The van der Waals surface area contributed by atoms with Crippen LogP contribution in [0.5, 0.6) is 0 Å². The van der Waals surface area contributed by atoms with Gasteiger partial charge in [-0.15, -0.1) is 0 Å². The highest BCUT2D eigenvalue weighted by Crippen LogP contribution is 2.40. The zero-order valence-corrected chi connectivity index (χ0v) is 17.4. The topological polar surface area (TPSA) is 102 Å². The van der Waals surface area contributed by atoms with Gasteiger partial charge in [0.15, 0.2) is 24.3 Å². The Balaban J connectivity index is 2.30. The summed E-state index contributed by atoms with van der Waals surface area (Å²) in [4.78, 5) is -0.211. The molecule has 3 rings (SSSR count). The Morgan fingerprint density at radius 3 is 1.66 bits per heavy atom. The molecule has 0 unspecified atom stereocenters. The second-order valence-corrected chi connectivity index (χ2v) is 11.2. The summed E-state index contributed by atoms with van der Waals surface area (Å²) in [5, 5.41) is 9.79. The van der Waals surface area contributed by atoms with Crippen LogP contribution in [0.4, 0.5) is 0 Å². The number of furan rings is 1. The van der Waals surface area contributed by atoms with Crippen LogP contribution in [0.3, 0.4) is 0 Å². The van der Waals surface area contributed by atoms with E-state index in [1.807, 2.05) is 0 Å². The highest BCUT2D eigenvalue weighted by Gasteiger charge is 2.49. The molecule has 6 nitrogen and oxygen atoms in total. The number of hydrogen-bond acceptors (Lipinski definition) is 6. The van der Waals surface area contributed by atoms with Gasteiger partial charge in [0, 0.05) is 6.61 Å². The smallest absolute Gasteiger partial charge is 0.196 e. The van der Waals surface area contributed by atoms with Gasteiger partial charge in [0.05, 0.1) is 22.0 Å². The Kier molecular flexibility index (Phi) is 6.26. The first kappa shape index (κ1) is 21.3. The van der Waals surface area contributed by atoms with Crippen molar-refractivity contribution in [2.75, 3.05) is 6.61 Å². The molecule has 0 amide bonds. The van der Waals surface area contributed by atoms with Crippen molar-refractivity contribution >= 4 is 19.7 Å². The lowest BCUT2D eigenvalue weighted by Gasteiger charge is -2.29. The van der Waals surface area contributed by atoms with Crippen molar-refractivity contribution in [3.8, 4) is 0 Å². The van der Waals surface area contributed by atoms with E-state index in [1.54, 1.807) is 25.1 Å². The SMILES string of the molecule is C[C@H](CO)[C@H](c1ccco1)C(S(=O)(=O)c1ccccc1)S(=O)(=O)c1ccccc1. The van der Waals surface area contributed by atoms with Gasteiger partial charge >= 0.3 is 0 Å². The lowest BCUT2D eigenvalue weighted by Crippen LogP contribution is -2.39. The fourth-order valence-electron chi connectivity index (χ4n) is 3.32. The third-order valence-corrected chi connectivity index (χ3v) is 10.0. The van der Waals surface area contributed by atoms with Crippen molar-refractivity contribution in [2.45, 2.75) is 27.2 Å². The summed E-state index contributed by atoms with van der Waals surface area (Å²) in [7, 11) is -8.69. The maximum absolute atomic E-state index is 13.6. The molecule has 0 radical (unpaired) electrons. The molecule has 0 fully saturated rings. The van der Waals surface area contributed by atoms with Crippen LogP contribution in [-0.2, 0) is 19.7 Å². The number of benzene rings is 2. The Hall–Kier alpha value is -2.42. The predicted molar refractivity (Wildman–Crippen MR) is 109 cm³/mol. The largest absolute Gasteiger partial charge is 0.469 e. The molecule has 0 aliphatic rings. The van der Waals surface area contributed by atoms with Crippen LogP contribution in [0.2, 0.25) is 0 Å². The number of sulfone groups is 2. The van der Waals surface area contributed by atoms with Crippen LogP contribution in [0.25, 0.3) is 0 Å². The molecule has 3 aromatic rings. The zero-order chi connectivity index (χ0) is 21.1. The molecule has 0 saturated carbocycles. The predicted octanol–water partition coefficient (Wildman–Crippen LogP) is 3.27. The van der Waals surface area contributed by atoms with Gasteiger partial charge in [0.25, 0.3) is 0 Å². The van der Waals surface area contributed by atoms with E-state index in [1.165, 1.54) is 60.9 Å². The molecule has 0 spiro atoms. The lowest BCUT2D eigenvalue weighted by atomic mass is 9.94. The summed E-state index contributed by atoms with van der Waals surface area (Å²) in [5.41, 5.74) is 0. The molecule has 1 N–H and O–H groups in total. The van der Waals surface area contributed by atoms with Crippen molar-refractivity contribution in [2.24, 2.45) is 5.92 Å². The van der Waals surface area contributed by atoms with Gasteiger partial charge in [-0.2, -0.15) is 0 Å². The van der Waals surface area contributed by atoms with Crippen LogP contribution >= 0.6 is 0 Å². The zero-order valence-electron chi connectivity index (χ0n) is 15.7. The Morgan fingerprint density at radius 1 is 0.793 bits per heavy atom. The average molecular weight is 435 g/mol. The highest BCUT2D eigenvalue weighted by atomic mass is 32.3. The minimum Gasteiger partial charge on any atom is -0.469 e. The summed E-state index contributed by atoms with van der Waals surface area (Å²) in [5.74, 6) is -1.61. The molecule has 1 heterocycles. The summed E-state index contributed by atoms with van der Waals surface area (Å²) in [6, 6.07) is 18.0. The van der Waals surface area contributed by atoms with Crippen LogP contribution in [0, 0.1) is 5.92 Å². The first-order valence-corrected chi connectivity index (χ1v) is 12.1. The van der Waals surface area contributed by atoms with E-state index in [9.17, 15) is 21.9 Å². The lowest BCUT2D eigenvalue weighted by molar-refractivity contribution is 0.209. The average Bonchev–Trinajstić information content (AvgIpc) is 3.26. The molecular weight excluding hydrogens is 412 g/mol. The van der Waals surface area contributed by atoms with Gasteiger partial charge < -0.3 is 9.52 Å². The first-order chi connectivity index (χ1) is 13.8. The van der Waals surface area contributed by atoms with E-state index in [4.69, 9.17) is 4.42 Å². The Morgan fingerprint density at radius 2 is 1.28 bits per heavy atom. The van der Waals surface area contributed by atoms with Crippen LogP contribution in [-0.4, -0.2) is 33.1 Å². The highest BCUT2D eigenvalue weighted by molar-refractivity contribution is 8.09. The second kappa shape index (κ2) is 8.52. The monoisotopic (exact) mass is 434 g/mol. The Labute approximate surface area is 170 Å². The van der Waals surface area contributed by atoms with Gasteiger partial charge in [-0.1, -0.05) is 43.3 Å². The van der Waals surface area contributed by atoms with Crippen molar-refractivity contribution in [3.05, 3.63) is 84.8 Å². The van der Waals surface area contributed by atoms with Gasteiger partial charge in [-0.3, -0.25) is 0 Å². The maximum atomic E-state index is 13.6. The summed E-state index contributed by atoms with van der Waals surface area (Å²) < 4.78 is 58.0. The van der Waals surface area contributed by atoms with Gasteiger partial charge in [-0.05, 0) is 42.3 Å². The minimum absolute atomic E-state index is 0.105. The standard InChI is InChI=1S/C21H22O6S2/c1-16(15-22)20(19-13-8-14-27-19)21(28(23,24)17-9-4-2-5-10-17)29(25,26)18-11-6-3-7-12-18/h2-14,16,20-22H,15H2,1H3/t16-,20-/m1/s1. The molecule has 0 bridgehead atoms. The Bertz CT molecular complexity index is 1050. The number of aliphatic hydroxyl groups excluding tert-OH is 1. The molecule has 0 aliphatic heterocycles. The van der Waals surface area contributed by atoms with Crippen molar-refractivity contribution in [3.63, 3.8) is 0 Å². The minimum atomic E-state index is -4.35. The molecule has 1 aromatic heterocycles. The molecule has 0 saturated heterocycles. The van der Waals surface area contributed by atoms with Gasteiger partial charge in [0.1, 0.15) is 5.76 Å². The molecule has 154 valence electrons. The van der Waals surface area contributed by atoms with E-state index < -0.39 is 42.7 Å². The third-order valence-electron chi connectivity index (χ3n) is 4.82. The van der Waals surface area contributed by atoms with E-state index >= 15 is 0 Å². The molecule has 2 atom stereocenters. The molecule has 29 heavy (non-hydrogen) atoms. The number of aliphatic hydroxyl groups is 1. The number of rotatable bonds is 8. The van der Waals surface area contributed by atoms with E-state index in [0.29, 0.717) is 0 Å². The van der Waals surface area contributed by atoms with Crippen molar-refractivity contribution < 1.29 is 26.4 Å². The fraction of sp³-hybridized carbons (Fsp3) is 0.238. The number of hydrogen-bond donors (Lipinski definition) is 1. The molecule has 8 heteroatoms. The van der Waals surface area contributed by atoms with E-state index in [-0.39, 0.29) is 15.6 Å². The summed E-state index contributed by atoms with van der Waals surface area (Å²) in [6.07, 6.45) is 1.35. The first-order valence-electron chi connectivity index (χ1n) is 9.02. The molecular formula is C21H22O6S2. The van der Waals surface area contributed by atoms with Gasteiger partial charge in [-0.25, -0.2) is 16.8 Å². The maximum Gasteiger partial charge on any atom is 0.196 e. The van der Waals surface area contributed by atoms with Gasteiger partial charge in [0.2, 0.25) is 0 Å². The van der Waals surface area contributed by atoms with Crippen LogP contribution in [0.1, 0.15) is 18.6 Å². The molecule has 0 aliphatic carbocycles. The molecule has 2 aromatic carbocycles. The van der Waals surface area contributed by atoms with E-state index in [2.05, 4.69) is 0 Å². The van der Waals surface area contributed by atoms with Crippen LogP contribution in [0.15, 0.2) is 93.3 Å². The normalized spacial score (nSPS) is 14.6. The summed E-state index contributed by atoms with van der Waals surface area (Å²) >= 11 is 0. The van der Waals surface area contributed by atoms with E-state index in [0.717, 1.165) is 0 Å². The summed E-state index contributed by atoms with van der Waals surface area (Å²) in [6.45, 7) is 1.19. The van der Waals surface area contributed by atoms with Crippen molar-refractivity contribution in [1.29, 1.82) is 0 Å². The fourth-order valence-corrected chi connectivity index (χ4v) is 8.51. The third kappa shape index (κ3) is 4.14. The van der Waals surface area contributed by atoms with Crippen molar-refractivity contribution in [1.82, 2.24) is 0 Å². The quantitative estimate of drug-likeness (QED) is 0.584. The van der Waals surface area contributed by atoms with Crippen LogP contribution < -0.4 is 0 Å².